The van der Waals surface area contributed by atoms with Crippen molar-refractivity contribution in [2.75, 3.05) is 13.1 Å². The van der Waals surface area contributed by atoms with E-state index in [1.54, 1.807) is 0 Å². The van der Waals surface area contributed by atoms with Gasteiger partial charge < -0.3 is 10.6 Å². The Bertz CT molecular complexity index is 106. The van der Waals surface area contributed by atoms with Gasteiger partial charge in [-0.15, -0.1) is 0 Å². The summed E-state index contributed by atoms with van der Waals surface area (Å²) in [6.07, 6.45) is 0.701. The first-order chi connectivity index (χ1) is 4.33. The van der Waals surface area contributed by atoms with Crippen LogP contribution in [0.5, 0.6) is 0 Å². The summed E-state index contributed by atoms with van der Waals surface area (Å²) < 4.78 is 0. The van der Waals surface area contributed by atoms with E-state index in [9.17, 15) is 4.79 Å². The zero-order valence-corrected chi connectivity index (χ0v) is 5.61. The summed E-state index contributed by atoms with van der Waals surface area (Å²) in [5.74, 6) is 0.179. The Balaban J connectivity index is 1.97. The minimum Gasteiger partial charge on any atom is -0.352 e. The molecule has 1 aliphatic heterocycles. The number of hydrogen-bond acceptors (Lipinski definition) is 2. The highest BCUT2D eigenvalue weighted by atomic mass is 16.2. The summed E-state index contributed by atoms with van der Waals surface area (Å²) >= 11 is 0. The molecule has 0 aromatic rings. The normalized spacial score (nSPS) is 25.0. The van der Waals surface area contributed by atoms with Crippen LogP contribution in [0.2, 0.25) is 0 Å². The lowest BCUT2D eigenvalue weighted by molar-refractivity contribution is -0.128. The highest BCUT2D eigenvalue weighted by Crippen LogP contribution is 2.00. The maximum Gasteiger partial charge on any atom is 0.222 e. The topological polar surface area (TPSA) is 41.1 Å². The molecule has 3 nitrogen and oxygen atoms in total. The summed E-state index contributed by atoms with van der Waals surface area (Å²) in [6.45, 7) is 3.95. The largest absolute Gasteiger partial charge is 0.352 e. The number of likely N-dealkylation sites (N-methyl/N-ethyl adjacent to an activating group) is 1. The molecule has 0 aliphatic carbocycles. The third kappa shape index (κ3) is 1.68. The van der Waals surface area contributed by atoms with Crippen molar-refractivity contribution in [3.63, 3.8) is 0 Å². The molecule has 0 bridgehead atoms. The number of nitrogens with one attached hydrogen (secondary N) is 2. The zero-order chi connectivity index (χ0) is 6.69. The molecule has 0 saturated carbocycles. The molecule has 9 heavy (non-hydrogen) atoms. The average Bonchev–Trinajstić information content (AvgIpc) is 1.78. The maximum atomic E-state index is 10.3. The molecule has 1 aliphatic rings. The monoisotopic (exact) mass is 128 g/mol. The third-order valence-electron chi connectivity index (χ3n) is 1.44. The molecule has 1 unspecified atom stereocenters. The smallest absolute Gasteiger partial charge is 0.222 e. The van der Waals surface area contributed by atoms with Gasteiger partial charge in [-0.25, -0.2) is 0 Å². The van der Waals surface area contributed by atoms with Crippen LogP contribution in [0.3, 0.4) is 0 Å². The first kappa shape index (κ1) is 6.55. The number of carbonyl (C=O) groups excluding carboxylic acids is 1. The molecule has 52 valence electrons. The molecule has 1 amide bonds. The summed E-state index contributed by atoms with van der Waals surface area (Å²) in [7, 11) is 0. The fourth-order valence-electron chi connectivity index (χ4n) is 0.872. The second-order valence-electron chi connectivity index (χ2n) is 2.28. The predicted molar refractivity (Wildman–Crippen MR) is 35.1 cm³/mol. The van der Waals surface area contributed by atoms with Crippen LogP contribution in [0.1, 0.15) is 13.3 Å². The van der Waals surface area contributed by atoms with Gasteiger partial charge in [0.15, 0.2) is 0 Å². The molecule has 0 aromatic carbocycles. The van der Waals surface area contributed by atoms with Gasteiger partial charge in [0.2, 0.25) is 5.91 Å². The fraction of sp³-hybridized carbons (Fsp3) is 0.833. The quantitative estimate of drug-likeness (QED) is 0.502. The van der Waals surface area contributed by atoms with Crippen LogP contribution in [0, 0.1) is 0 Å². The van der Waals surface area contributed by atoms with Crippen molar-refractivity contribution in [3.8, 4) is 0 Å². The van der Waals surface area contributed by atoms with Gasteiger partial charge in [0, 0.05) is 19.0 Å². The average molecular weight is 128 g/mol. The van der Waals surface area contributed by atoms with Crippen LogP contribution in [0.4, 0.5) is 0 Å². The van der Waals surface area contributed by atoms with Crippen molar-refractivity contribution >= 4 is 5.91 Å². The molecule has 1 fully saturated rings. The molecule has 0 spiro atoms. The van der Waals surface area contributed by atoms with Crippen molar-refractivity contribution in [1.82, 2.24) is 10.6 Å². The van der Waals surface area contributed by atoms with Crippen LogP contribution in [0.15, 0.2) is 0 Å². The first-order valence-corrected chi connectivity index (χ1v) is 3.33. The Morgan fingerprint density at radius 2 is 2.56 bits per heavy atom. The van der Waals surface area contributed by atoms with Crippen LogP contribution in [-0.4, -0.2) is 25.0 Å². The van der Waals surface area contributed by atoms with E-state index in [0.717, 1.165) is 13.1 Å². The van der Waals surface area contributed by atoms with Crippen LogP contribution >= 0.6 is 0 Å². The highest BCUT2D eigenvalue weighted by molar-refractivity contribution is 5.82. The standard InChI is InChI=1S/C6H12N2O/c1-2-7-4-5-3-6(9)8-5/h5,7H,2-4H2,1H3,(H,8,9). The van der Waals surface area contributed by atoms with Crippen molar-refractivity contribution in [3.05, 3.63) is 0 Å². The maximum absolute atomic E-state index is 10.3. The molecule has 0 aromatic heterocycles. The Morgan fingerprint density at radius 3 is 3.00 bits per heavy atom. The first-order valence-electron chi connectivity index (χ1n) is 3.33. The van der Waals surface area contributed by atoms with Gasteiger partial charge in [0.05, 0.1) is 0 Å². The molecule has 1 atom stereocenters. The highest BCUT2D eigenvalue weighted by Gasteiger charge is 2.23. The lowest BCUT2D eigenvalue weighted by Gasteiger charge is -2.26. The van der Waals surface area contributed by atoms with Gasteiger partial charge >= 0.3 is 0 Å². The van der Waals surface area contributed by atoms with Crippen LogP contribution < -0.4 is 10.6 Å². The minimum absolute atomic E-state index is 0.179. The van der Waals surface area contributed by atoms with E-state index in [-0.39, 0.29) is 5.91 Å². The van der Waals surface area contributed by atoms with Crippen molar-refractivity contribution in [2.24, 2.45) is 0 Å². The van der Waals surface area contributed by atoms with E-state index in [0.29, 0.717) is 12.5 Å². The minimum atomic E-state index is 0.179. The van der Waals surface area contributed by atoms with Gasteiger partial charge in [-0.3, -0.25) is 4.79 Å². The molecule has 1 heterocycles. The molecule has 3 heteroatoms. The van der Waals surface area contributed by atoms with E-state index in [1.165, 1.54) is 0 Å². The van der Waals surface area contributed by atoms with Gasteiger partial charge in [-0.1, -0.05) is 6.92 Å². The second-order valence-corrected chi connectivity index (χ2v) is 2.28. The van der Waals surface area contributed by atoms with Gasteiger partial charge in [-0.2, -0.15) is 0 Å². The third-order valence-corrected chi connectivity index (χ3v) is 1.44. The zero-order valence-electron chi connectivity index (χ0n) is 5.61. The Morgan fingerprint density at radius 1 is 1.89 bits per heavy atom. The Kier molecular flexibility index (Phi) is 2.05. The molecular weight excluding hydrogens is 116 g/mol. The molecule has 1 saturated heterocycles. The number of rotatable bonds is 3. The van der Waals surface area contributed by atoms with Gasteiger partial charge in [-0.05, 0) is 6.54 Å². The van der Waals surface area contributed by atoms with Crippen molar-refractivity contribution in [2.45, 2.75) is 19.4 Å². The molecular formula is C6H12N2O. The number of hydrogen-bond donors (Lipinski definition) is 2. The van der Waals surface area contributed by atoms with Crippen molar-refractivity contribution < 1.29 is 4.79 Å². The summed E-state index contributed by atoms with van der Waals surface area (Å²) in [6, 6.07) is 0.400. The molecule has 1 rings (SSSR count). The fourth-order valence-corrected chi connectivity index (χ4v) is 0.872. The number of carbonyl (C=O) groups is 1. The SMILES string of the molecule is CCNCC1CC(=O)N1. The number of amides is 1. The van der Waals surface area contributed by atoms with E-state index >= 15 is 0 Å². The van der Waals surface area contributed by atoms with Crippen molar-refractivity contribution in [1.29, 1.82) is 0 Å². The summed E-state index contributed by atoms with van der Waals surface area (Å²) in [5.41, 5.74) is 0. The van der Waals surface area contributed by atoms with Gasteiger partial charge in [0.25, 0.3) is 0 Å². The van der Waals surface area contributed by atoms with E-state index < -0.39 is 0 Å². The summed E-state index contributed by atoms with van der Waals surface area (Å²) in [5, 5.41) is 5.93. The van der Waals surface area contributed by atoms with E-state index in [2.05, 4.69) is 17.6 Å². The van der Waals surface area contributed by atoms with Crippen LogP contribution in [0.25, 0.3) is 0 Å². The lowest BCUT2D eigenvalue weighted by atomic mass is 10.1. The number of β-lactam (4-membered cyclic amide) rings is 1. The lowest BCUT2D eigenvalue weighted by Crippen LogP contribution is -2.53. The second kappa shape index (κ2) is 2.82. The Labute approximate surface area is 54.8 Å². The molecule has 0 radical (unpaired) electrons. The van der Waals surface area contributed by atoms with Gasteiger partial charge in [0.1, 0.15) is 0 Å². The van der Waals surface area contributed by atoms with E-state index in [1.807, 2.05) is 0 Å². The van der Waals surface area contributed by atoms with E-state index in [4.69, 9.17) is 0 Å². The molecule has 2 N–H and O–H groups in total. The summed E-state index contributed by atoms with van der Waals surface area (Å²) in [4.78, 5) is 10.3. The predicted octanol–water partition coefficient (Wildman–Crippen LogP) is -0.516. The van der Waals surface area contributed by atoms with Crippen LogP contribution in [-0.2, 0) is 4.79 Å². The Hall–Kier alpha value is -0.570.